The van der Waals surface area contributed by atoms with Gasteiger partial charge in [-0.3, -0.25) is 4.98 Å². The van der Waals surface area contributed by atoms with Crippen molar-refractivity contribution in [1.29, 1.82) is 0 Å². The molecule has 2 heterocycles. The topological polar surface area (TPSA) is 56.1 Å². The number of anilines is 2. The van der Waals surface area contributed by atoms with Crippen LogP contribution in [0.15, 0.2) is 60.9 Å². The number of hydrogen-bond acceptors (Lipinski definition) is 4. The van der Waals surface area contributed by atoms with Gasteiger partial charge in [0, 0.05) is 23.3 Å². The molecule has 0 saturated heterocycles. The fourth-order valence-corrected chi connectivity index (χ4v) is 3.55. The summed E-state index contributed by atoms with van der Waals surface area (Å²) in [5, 5.41) is 3.64. The summed E-state index contributed by atoms with van der Waals surface area (Å²) in [5.74, 6) is -1.42. The summed E-state index contributed by atoms with van der Waals surface area (Å²) >= 11 is 0. The summed E-state index contributed by atoms with van der Waals surface area (Å²) in [6, 6.07) is 12.9. The summed E-state index contributed by atoms with van der Waals surface area (Å²) in [5.41, 5.74) is 2.59. The first-order valence-electron chi connectivity index (χ1n) is 10.9. The van der Waals surface area contributed by atoms with Gasteiger partial charge in [0.05, 0.1) is 30.0 Å². The van der Waals surface area contributed by atoms with E-state index in [1.165, 1.54) is 12.1 Å². The van der Waals surface area contributed by atoms with Crippen molar-refractivity contribution >= 4 is 28.2 Å². The van der Waals surface area contributed by atoms with Gasteiger partial charge in [0.2, 0.25) is 0 Å². The standard InChI is InChI=1S/C24H21F2N3O2.C2H6/c1-3-31-24(30)23-22(28-20-9-8-15(2)12-19(20)26)17-13-27-11-10-21(17)29(23)14-16-6-4-5-7-18(16)25;1-2/h4-13,28H,3,14H2,1-2H3;1-2H3. The molecule has 5 nitrogen and oxygen atoms in total. The molecule has 2 aromatic carbocycles. The number of hydrogen-bond donors (Lipinski definition) is 1. The minimum atomic E-state index is -0.593. The van der Waals surface area contributed by atoms with Gasteiger partial charge in [0.1, 0.15) is 11.6 Å². The van der Waals surface area contributed by atoms with Gasteiger partial charge in [-0.05, 0) is 43.7 Å². The molecular formula is C26H27F2N3O2. The summed E-state index contributed by atoms with van der Waals surface area (Å²) in [7, 11) is 0. The second-order valence-corrected chi connectivity index (χ2v) is 7.12. The molecule has 1 N–H and O–H groups in total. The molecule has 0 aliphatic rings. The van der Waals surface area contributed by atoms with Crippen LogP contribution in [-0.4, -0.2) is 22.1 Å². The summed E-state index contributed by atoms with van der Waals surface area (Å²) < 4.78 is 35.9. The second-order valence-electron chi connectivity index (χ2n) is 7.12. The normalized spacial score (nSPS) is 10.5. The molecule has 0 amide bonds. The van der Waals surface area contributed by atoms with Crippen molar-refractivity contribution in [3.05, 3.63) is 89.4 Å². The zero-order valence-corrected chi connectivity index (χ0v) is 19.2. The highest BCUT2D eigenvalue weighted by Gasteiger charge is 2.25. The molecule has 0 atom stereocenters. The monoisotopic (exact) mass is 451 g/mol. The number of pyridine rings is 1. The van der Waals surface area contributed by atoms with E-state index >= 15 is 0 Å². The van der Waals surface area contributed by atoms with Crippen molar-refractivity contribution in [2.45, 2.75) is 34.2 Å². The number of esters is 1. The van der Waals surface area contributed by atoms with Gasteiger partial charge in [-0.1, -0.05) is 38.1 Å². The van der Waals surface area contributed by atoms with Gasteiger partial charge >= 0.3 is 5.97 Å². The van der Waals surface area contributed by atoms with Crippen LogP contribution in [0.4, 0.5) is 20.2 Å². The minimum absolute atomic E-state index is 0.0966. The van der Waals surface area contributed by atoms with Crippen LogP contribution < -0.4 is 5.32 Å². The highest BCUT2D eigenvalue weighted by molar-refractivity contribution is 6.07. The molecule has 4 rings (SSSR count). The van der Waals surface area contributed by atoms with E-state index in [1.54, 1.807) is 67.2 Å². The molecule has 0 unspecified atom stereocenters. The third-order valence-electron chi connectivity index (χ3n) is 5.00. The van der Waals surface area contributed by atoms with Gasteiger partial charge in [0.25, 0.3) is 0 Å². The van der Waals surface area contributed by atoms with Gasteiger partial charge in [-0.25, -0.2) is 13.6 Å². The average molecular weight is 452 g/mol. The average Bonchev–Trinajstić information content (AvgIpc) is 3.12. The van der Waals surface area contributed by atoms with E-state index in [2.05, 4.69) is 10.3 Å². The van der Waals surface area contributed by atoms with Crippen molar-refractivity contribution < 1.29 is 18.3 Å². The fraction of sp³-hybridized carbons (Fsp3) is 0.231. The first-order valence-corrected chi connectivity index (χ1v) is 10.9. The summed E-state index contributed by atoms with van der Waals surface area (Å²) in [4.78, 5) is 17.1. The van der Waals surface area contributed by atoms with E-state index in [1.807, 2.05) is 13.8 Å². The Bertz CT molecular complexity index is 1270. The Morgan fingerprint density at radius 2 is 1.85 bits per heavy atom. The van der Waals surface area contributed by atoms with E-state index < -0.39 is 11.8 Å². The Kier molecular flexibility index (Phi) is 7.77. The number of benzene rings is 2. The number of halogens is 2. The van der Waals surface area contributed by atoms with Crippen LogP contribution in [0.25, 0.3) is 10.9 Å². The van der Waals surface area contributed by atoms with Crippen molar-refractivity contribution in [3.8, 4) is 0 Å². The number of aromatic nitrogens is 2. The Balaban J connectivity index is 0.00000149. The van der Waals surface area contributed by atoms with Crippen LogP contribution in [0.3, 0.4) is 0 Å². The Morgan fingerprint density at radius 3 is 2.55 bits per heavy atom. The van der Waals surface area contributed by atoms with E-state index in [9.17, 15) is 13.6 Å². The predicted molar refractivity (Wildman–Crippen MR) is 127 cm³/mol. The molecule has 0 aliphatic heterocycles. The molecule has 0 saturated carbocycles. The molecule has 0 spiro atoms. The maximum absolute atomic E-state index is 14.6. The quantitative estimate of drug-likeness (QED) is 0.335. The predicted octanol–water partition coefficient (Wildman–Crippen LogP) is 6.62. The molecule has 33 heavy (non-hydrogen) atoms. The molecule has 4 aromatic rings. The molecule has 172 valence electrons. The summed E-state index contributed by atoms with van der Waals surface area (Å²) in [6.45, 7) is 7.76. The van der Waals surface area contributed by atoms with E-state index in [0.29, 0.717) is 22.2 Å². The first-order chi connectivity index (χ1) is 16.0. The van der Waals surface area contributed by atoms with Crippen LogP contribution in [0, 0.1) is 18.6 Å². The number of rotatable bonds is 6. The zero-order chi connectivity index (χ0) is 24.0. The molecule has 2 aromatic heterocycles. The van der Waals surface area contributed by atoms with Crippen molar-refractivity contribution in [3.63, 3.8) is 0 Å². The van der Waals surface area contributed by atoms with E-state index in [0.717, 1.165) is 5.56 Å². The number of nitrogens with zero attached hydrogens (tertiary/aromatic N) is 2. The van der Waals surface area contributed by atoms with Crippen LogP contribution in [0.1, 0.15) is 42.4 Å². The highest BCUT2D eigenvalue weighted by atomic mass is 19.1. The zero-order valence-electron chi connectivity index (χ0n) is 19.2. The Hall–Kier alpha value is -3.74. The molecule has 0 aliphatic carbocycles. The summed E-state index contributed by atoms with van der Waals surface area (Å²) in [6.07, 6.45) is 3.18. The van der Waals surface area contributed by atoms with E-state index in [4.69, 9.17) is 4.74 Å². The number of carbonyl (C=O) groups excluding carboxylic acids is 1. The van der Waals surface area contributed by atoms with Crippen LogP contribution in [0.2, 0.25) is 0 Å². The number of carbonyl (C=O) groups is 1. The molecule has 0 bridgehead atoms. The number of nitrogens with one attached hydrogen (secondary N) is 1. The highest BCUT2D eigenvalue weighted by Crippen LogP contribution is 2.35. The minimum Gasteiger partial charge on any atom is -0.461 e. The third kappa shape index (κ3) is 5.03. The number of aryl methyl sites for hydroxylation is 1. The van der Waals surface area contributed by atoms with Crippen molar-refractivity contribution in [2.24, 2.45) is 0 Å². The molecule has 0 radical (unpaired) electrons. The molecule has 0 fully saturated rings. The molecular weight excluding hydrogens is 424 g/mol. The number of fused-ring (bicyclic) bond motifs is 1. The lowest BCUT2D eigenvalue weighted by atomic mass is 10.2. The van der Waals surface area contributed by atoms with Crippen molar-refractivity contribution in [1.82, 2.24) is 9.55 Å². The maximum atomic E-state index is 14.6. The lowest BCUT2D eigenvalue weighted by Crippen LogP contribution is -2.15. The fourth-order valence-electron chi connectivity index (χ4n) is 3.55. The first kappa shape index (κ1) is 23.9. The van der Waals surface area contributed by atoms with Crippen LogP contribution in [-0.2, 0) is 11.3 Å². The van der Waals surface area contributed by atoms with Crippen LogP contribution >= 0.6 is 0 Å². The second kappa shape index (κ2) is 10.7. The maximum Gasteiger partial charge on any atom is 0.357 e. The van der Waals surface area contributed by atoms with Gasteiger partial charge in [-0.15, -0.1) is 0 Å². The van der Waals surface area contributed by atoms with Gasteiger partial charge in [-0.2, -0.15) is 0 Å². The van der Waals surface area contributed by atoms with E-state index in [-0.39, 0.29) is 30.4 Å². The van der Waals surface area contributed by atoms with Crippen molar-refractivity contribution in [2.75, 3.05) is 11.9 Å². The van der Waals surface area contributed by atoms with Gasteiger partial charge < -0.3 is 14.6 Å². The molecule has 7 heteroatoms. The Labute approximate surface area is 192 Å². The van der Waals surface area contributed by atoms with Crippen LogP contribution in [0.5, 0.6) is 0 Å². The van der Waals surface area contributed by atoms with Gasteiger partial charge in [0.15, 0.2) is 5.69 Å². The largest absolute Gasteiger partial charge is 0.461 e. The third-order valence-corrected chi connectivity index (χ3v) is 5.00. The number of ether oxygens (including phenoxy) is 1. The lowest BCUT2D eigenvalue weighted by molar-refractivity contribution is 0.0516. The SMILES string of the molecule is CC.CCOC(=O)c1c(Nc2ccc(C)cc2F)c2cnccc2n1Cc1ccccc1F. The lowest BCUT2D eigenvalue weighted by Gasteiger charge is -2.13. The smallest absolute Gasteiger partial charge is 0.357 e. The Morgan fingerprint density at radius 1 is 1.09 bits per heavy atom.